The van der Waals surface area contributed by atoms with Gasteiger partial charge in [0.1, 0.15) is 10.6 Å². The minimum Gasteiger partial charge on any atom is -0.465 e. The molecule has 2 N–H and O–H groups in total. The summed E-state index contributed by atoms with van der Waals surface area (Å²) in [7, 11) is 1.27. The van der Waals surface area contributed by atoms with Gasteiger partial charge in [0.15, 0.2) is 0 Å². The first-order valence-electron chi connectivity index (χ1n) is 6.65. The van der Waals surface area contributed by atoms with Gasteiger partial charge in [0.25, 0.3) is 0 Å². The number of esters is 1. The molecule has 0 aromatic carbocycles. The second-order valence-electron chi connectivity index (χ2n) is 5.38. The standard InChI is InChI=1S/C14H20N2O5S/c1-14(2,3)21-13(19)15-7-5-10(17)16-11-9(6-8-22-11)12(18)20-4/h6,8H,5,7H2,1-4H3,(H,15,19)(H,16,17). The summed E-state index contributed by atoms with van der Waals surface area (Å²) < 4.78 is 9.67. The Bertz CT molecular complexity index is 548. The van der Waals surface area contributed by atoms with Crippen LogP contribution in [-0.4, -0.2) is 37.2 Å². The van der Waals surface area contributed by atoms with E-state index in [-0.39, 0.29) is 18.9 Å². The van der Waals surface area contributed by atoms with Crippen molar-refractivity contribution in [2.75, 3.05) is 19.0 Å². The highest BCUT2D eigenvalue weighted by Crippen LogP contribution is 2.23. The molecule has 0 radical (unpaired) electrons. The lowest BCUT2D eigenvalue weighted by molar-refractivity contribution is -0.116. The number of anilines is 1. The number of carbonyl (C=O) groups excluding carboxylic acids is 3. The second kappa shape index (κ2) is 7.79. The number of carbonyl (C=O) groups is 3. The molecule has 22 heavy (non-hydrogen) atoms. The van der Waals surface area contributed by atoms with Gasteiger partial charge in [-0.1, -0.05) is 0 Å². The van der Waals surface area contributed by atoms with E-state index in [1.165, 1.54) is 18.4 Å². The molecule has 1 rings (SSSR count). The summed E-state index contributed by atoms with van der Waals surface area (Å²) in [5.41, 5.74) is -0.278. The number of alkyl carbamates (subject to hydrolysis) is 1. The van der Waals surface area contributed by atoms with Crippen LogP contribution in [0.3, 0.4) is 0 Å². The van der Waals surface area contributed by atoms with Crippen LogP contribution in [0.4, 0.5) is 9.80 Å². The molecule has 0 saturated carbocycles. The van der Waals surface area contributed by atoms with Crippen molar-refractivity contribution in [2.45, 2.75) is 32.8 Å². The maximum Gasteiger partial charge on any atom is 0.407 e. The number of methoxy groups -OCH3 is 1. The Balaban J connectivity index is 2.40. The maximum absolute atomic E-state index is 11.8. The van der Waals surface area contributed by atoms with Gasteiger partial charge in [-0.05, 0) is 32.2 Å². The summed E-state index contributed by atoms with van der Waals surface area (Å²) in [6.07, 6.45) is -0.510. The van der Waals surface area contributed by atoms with Gasteiger partial charge < -0.3 is 20.1 Å². The summed E-state index contributed by atoms with van der Waals surface area (Å²) in [5, 5.41) is 7.21. The second-order valence-corrected chi connectivity index (χ2v) is 6.30. The topological polar surface area (TPSA) is 93.7 Å². The molecule has 0 aliphatic heterocycles. The Hall–Kier alpha value is -2.09. The molecule has 8 heteroatoms. The van der Waals surface area contributed by atoms with E-state index in [9.17, 15) is 14.4 Å². The Morgan fingerprint density at radius 3 is 2.55 bits per heavy atom. The molecule has 0 fully saturated rings. The molecular weight excluding hydrogens is 308 g/mol. The van der Waals surface area contributed by atoms with Crippen LogP contribution in [0.25, 0.3) is 0 Å². The van der Waals surface area contributed by atoms with Crippen molar-refractivity contribution >= 4 is 34.3 Å². The molecule has 0 aliphatic carbocycles. The van der Waals surface area contributed by atoms with Gasteiger partial charge in [-0.15, -0.1) is 11.3 Å². The first-order valence-corrected chi connectivity index (χ1v) is 7.53. The number of ether oxygens (including phenoxy) is 2. The molecule has 0 aliphatic rings. The van der Waals surface area contributed by atoms with Gasteiger partial charge in [-0.3, -0.25) is 4.79 Å². The van der Waals surface area contributed by atoms with Crippen molar-refractivity contribution in [3.63, 3.8) is 0 Å². The lowest BCUT2D eigenvalue weighted by Crippen LogP contribution is -2.34. The zero-order chi connectivity index (χ0) is 16.8. The number of hydrogen-bond acceptors (Lipinski definition) is 6. The molecule has 0 unspecified atom stereocenters. The number of amides is 2. The third-order valence-corrected chi connectivity index (χ3v) is 3.17. The monoisotopic (exact) mass is 328 g/mol. The van der Waals surface area contributed by atoms with E-state index < -0.39 is 17.7 Å². The smallest absolute Gasteiger partial charge is 0.407 e. The fourth-order valence-corrected chi connectivity index (χ4v) is 2.25. The molecule has 122 valence electrons. The molecule has 0 spiro atoms. The van der Waals surface area contributed by atoms with Crippen LogP contribution in [0.2, 0.25) is 0 Å². The van der Waals surface area contributed by atoms with Crippen LogP contribution < -0.4 is 10.6 Å². The zero-order valence-corrected chi connectivity index (χ0v) is 13.8. The molecule has 7 nitrogen and oxygen atoms in total. The van der Waals surface area contributed by atoms with E-state index in [4.69, 9.17) is 4.74 Å². The van der Waals surface area contributed by atoms with Crippen molar-refractivity contribution in [2.24, 2.45) is 0 Å². The predicted molar refractivity (Wildman–Crippen MR) is 83.1 cm³/mol. The van der Waals surface area contributed by atoms with Crippen molar-refractivity contribution in [1.29, 1.82) is 0 Å². The SMILES string of the molecule is COC(=O)c1ccsc1NC(=O)CCNC(=O)OC(C)(C)C. The van der Waals surface area contributed by atoms with Crippen LogP contribution in [0.15, 0.2) is 11.4 Å². The Morgan fingerprint density at radius 2 is 1.95 bits per heavy atom. The molecule has 2 amide bonds. The summed E-state index contributed by atoms with van der Waals surface area (Å²) in [4.78, 5) is 34.7. The predicted octanol–water partition coefficient (Wildman–Crippen LogP) is 2.39. The third kappa shape index (κ3) is 6.13. The molecule has 1 aromatic heterocycles. The molecular formula is C14H20N2O5S. The lowest BCUT2D eigenvalue weighted by atomic mass is 10.2. The fraction of sp³-hybridized carbons (Fsp3) is 0.500. The van der Waals surface area contributed by atoms with E-state index in [1.807, 2.05) is 0 Å². The summed E-state index contributed by atoms with van der Waals surface area (Å²) in [6, 6.07) is 1.57. The molecule has 1 heterocycles. The lowest BCUT2D eigenvalue weighted by Gasteiger charge is -2.19. The average Bonchev–Trinajstić information content (AvgIpc) is 2.83. The van der Waals surface area contributed by atoms with Gasteiger partial charge in [0, 0.05) is 13.0 Å². The minimum absolute atomic E-state index is 0.0672. The van der Waals surface area contributed by atoms with E-state index in [2.05, 4.69) is 15.4 Å². The van der Waals surface area contributed by atoms with E-state index in [0.29, 0.717) is 10.6 Å². The number of nitrogens with one attached hydrogen (secondary N) is 2. The van der Waals surface area contributed by atoms with E-state index in [0.717, 1.165) is 0 Å². The van der Waals surface area contributed by atoms with Crippen molar-refractivity contribution in [1.82, 2.24) is 5.32 Å². The van der Waals surface area contributed by atoms with Crippen molar-refractivity contribution in [3.05, 3.63) is 17.0 Å². The maximum atomic E-state index is 11.8. The Morgan fingerprint density at radius 1 is 1.27 bits per heavy atom. The number of thiophene rings is 1. The van der Waals surface area contributed by atoms with Gasteiger partial charge in [0.05, 0.1) is 12.7 Å². The van der Waals surface area contributed by atoms with Crippen LogP contribution in [-0.2, 0) is 14.3 Å². The Kier molecular flexibility index (Phi) is 6.36. The first-order chi connectivity index (χ1) is 10.2. The average molecular weight is 328 g/mol. The summed E-state index contributed by atoms with van der Waals surface area (Å²) in [6.45, 7) is 5.40. The first kappa shape index (κ1) is 18.0. The van der Waals surface area contributed by atoms with Crippen molar-refractivity contribution in [3.8, 4) is 0 Å². The van der Waals surface area contributed by atoms with Gasteiger partial charge in [-0.2, -0.15) is 0 Å². The highest BCUT2D eigenvalue weighted by molar-refractivity contribution is 7.14. The highest BCUT2D eigenvalue weighted by atomic mass is 32.1. The molecule has 0 bridgehead atoms. The number of hydrogen-bond donors (Lipinski definition) is 2. The summed E-state index contributed by atoms with van der Waals surface area (Å²) in [5.74, 6) is -0.827. The summed E-state index contributed by atoms with van der Waals surface area (Å²) >= 11 is 1.22. The fourth-order valence-electron chi connectivity index (χ4n) is 1.46. The molecule has 1 aromatic rings. The van der Waals surface area contributed by atoms with Crippen LogP contribution in [0.1, 0.15) is 37.6 Å². The quantitative estimate of drug-likeness (QED) is 0.809. The van der Waals surface area contributed by atoms with Crippen LogP contribution >= 0.6 is 11.3 Å². The highest BCUT2D eigenvalue weighted by Gasteiger charge is 2.17. The van der Waals surface area contributed by atoms with Crippen molar-refractivity contribution < 1.29 is 23.9 Å². The van der Waals surface area contributed by atoms with Gasteiger partial charge >= 0.3 is 12.1 Å². The van der Waals surface area contributed by atoms with E-state index >= 15 is 0 Å². The largest absolute Gasteiger partial charge is 0.465 e. The van der Waals surface area contributed by atoms with Crippen LogP contribution in [0.5, 0.6) is 0 Å². The minimum atomic E-state index is -0.585. The molecule has 0 saturated heterocycles. The van der Waals surface area contributed by atoms with Crippen LogP contribution in [0, 0.1) is 0 Å². The third-order valence-electron chi connectivity index (χ3n) is 2.34. The Labute approximate surface area is 133 Å². The van der Waals surface area contributed by atoms with E-state index in [1.54, 1.807) is 32.2 Å². The number of rotatable bonds is 5. The normalized spacial score (nSPS) is 10.7. The molecule has 0 atom stereocenters. The zero-order valence-electron chi connectivity index (χ0n) is 13.0. The van der Waals surface area contributed by atoms with Gasteiger partial charge in [0.2, 0.25) is 5.91 Å². The van der Waals surface area contributed by atoms with Gasteiger partial charge in [-0.25, -0.2) is 9.59 Å².